The molecule has 19 heavy (non-hydrogen) atoms. The van der Waals surface area contributed by atoms with Crippen LogP contribution in [0.2, 0.25) is 0 Å². The molecule has 1 aliphatic rings. The van der Waals surface area contributed by atoms with Gasteiger partial charge < -0.3 is 10.5 Å². The Labute approximate surface area is 115 Å². The molecule has 0 bridgehead atoms. The van der Waals surface area contributed by atoms with Gasteiger partial charge in [-0.1, -0.05) is 13.8 Å². The van der Waals surface area contributed by atoms with Gasteiger partial charge in [-0.25, -0.2) is 9.18 Å². The largest absolute Gasteiger partial charge is 0.381 e. The maximum absolute atomic E-state index is 13.4. The number of hydrogen-bond donors (Lipinski definition) is 1. The predicted octanol–water partition coefficient (Wildman–Crippen LogP) is 1.91. The summed E-state index contributed by atoms with van der Waals surface area (Å²) >= 11 is 5.99. The Morgan fingerprint density at radius 1 is 1.74 bits per heavy atom. The van der Waals surface area contributed by atoms with E-state index in [1.165, 1.54) is 0 Å². The standard InChI is InChI=1S/C12H17ClFN3O2/c1-3-12(6-13)7(2)4-9(19-12)17-5-8(14)10(15)16-11(17)18/h5,7,9H,3-4,6H2,1-2H3,(H2,15,16,18)/t7-,9+,12-/m0/s1. The number of nitrogen functional groups attached to an aromatic ring is 1. The number of hydrogen-bond acceptors (Lipinski definition) is 4. The van der Waals surface area contributed by atoms with Crippen LogP contribution in [0.3, 0.4) is 0 Å². The summed E-state index contributed by atoms with van der Waals surface area (Å²) in [6.45, 7) is 3.99. The summed E-state index contributed by atoms with van der Waals surface area (Å²) in [6, 6.07) is 0. The number of nitrogens with zero attached hydrogens (tertiary/aromatic N) is 2. The fourth-order valence-electron chi connectivity index (χ4n) is 2.48. The molecule has 1 aromatic rings. The fourth-order valence-corrected chi connectivity index (χ4v) is 2.99. The lowest BCUT2D eigenvalue weighted by Gasteiger charge is -2.29. The molecular formula is C12H17ClFN3O2. The van der Waals surface area contributed by atoms with Crippen molar-refractivity contribution in [1.29, 1.82) is 0 Å². The third-order valence-corrected chi connectivity index (χ3v) is 4.35. The summed E-state index contributed by atoms with van der Waals surface area (Å²) in [5.41, 5.74) is 4.16. The number of aromatic nitrogens is 2. The van der Waals surface area contributed by atoms with E-state index in [0.29, 0.717) is 12.3 Å². The second kappa shape index (κ2) is 5.09. The van der Waals surface area contributed by atoms with Gasteiger partial charge in [0, 0.05) is 0 Å². The van der Waals surface area contributed by atoms with Crippen LogP contribution in [-0.4, -0.2) is 21.0 Å². The molecule has 3 atom stereocenters. The van der Waals surface area contributed by atoms with E-state index < -0.39 is 29.2 Å². The fraction of sp³-hybridized carbons (Fsp3) is 0.667. The quantitative estimate of drug-likeness (QED) is 0.863. The number of ether oxygens (including phenoxy) is 1. The Bertz CT molecular complexity index is 530. The number of nitrogens with two attached hydrogens (primary N) is 1. The molecule has 5 nitrogen and oxygen atoms in total. The van der Waals surface area contributed by atoms with Crippen LogP contribution >= 0.6 is 11.6 Å². The predicted molar refractivity (Wildman–Crippen MR) is 70.5 cm³/mol. The van der Waals surface area contributed by atoms with Crippen molar-refractivity contribution in [2.75, 3.05) is 11.6 Å². The van der Waals surface area contributed by atoms with Gasteiger partial charge in [0.15, 0.2) is 11.6 Å². The SMILES string of the molecule is CC[C@@]1(CCl)O[C@@H](n2cc(F)c(N)nc2=O)C[C@@H]1C. The third-order valence-electron chi connectivity index (χ3n) is 3.89. The molecule has 2 N–H and O–H groups in total. The van der Waals surface area contributed by atoms with E-state index in [0.717, 1.165) is 17.2 Å². The highest BCUT2D eigenvalue weighted by atomic mass is 35.5. The van der Waals surface area contributed by atoms with Gasteiger partial charge in [0.25, 0.3) is 0 Å². The van der Waals surface area contributed by atoms with Gasteiger partial charge in [0.05, 0.1) is 17.7 Å². The van der Waals surface area contributed by atoms with Gasteiger partial charge >= 0.3 is 5.69 Å². The van der Waals surface area contributed by atoms with E-state index in [1.54, 1.807) is 0 Å². The second-order valence-corrected chi connectivity index (χ2v) is 5.19. The van der Waals surface area contributed by atoms with Gasteiger partial charge in [-0.05, 0) is 18.8 Å². The van der Waals surface area contributed by atoms with E-state index in [2.05, 4.69) is 4.98 Å². The minimum Gasteiger partial charge on any atom is -0.381 e. The van der Waals surface area contributed by atoms with Crippen LogP contribution in [0.15, 0.2) is 11.0 Å². The molecule has 0 aromatic carbocycles. The van der Waals surface area contributed by atoms with Crippen LogP contribution < -0.4 is 11.4 Å². The molecule has 0 unspecified atom stereocenters. The van der Waals surface area contributed by atoms with Crippen LogP contribution in [0.1, 0.15) is 32.9 Å². The zero-order valence-electron chi connectivity index (χ0n) is 10.9. The first-order valence-electron chi connectivity index (χ1n) is 6.21. The van der Waals surface area contributed by atoms with Gasteiger partial charge in [-0.2, -0.15) is 4.98 Å². The highest BCUT2D eigenvalue weighted by molar-refractivity contribution is 6.18. The highest BCUT2D eigenvalue weighted by Gasteiger charge is 2.45. The molecule has 0 amide bonds. The molecule has 0 spiro atoms. The Morgan fingerprint density at radius 3 is 2.95 bits per heavy atom. The second-order valence-electron chi connectivity index (χ2n) is 4.93. The smallest absolute Gasteiger partial charge is 0.351 e. The number of rotatable bonds is 3. The first kappa shape index (κ1) is 14.3. The van der Waals surface area contributed by atoms with Crippen LogP contribution in [-0.2, 0) is 4.74 Å². The average Bonchev–Trinajstić information content (AvgIpc) is 2.71. The number of halogens is 2. The summed E-state index contributed by atoms with van der Waals surface area (Å²) in [6.07, 6.45) is 1.81. The first-order valence-corrected chi connectivity index (χ1v) is 6.75. The van der Waals surface area contributed by atoms with Crippen molar-refractivity contribution in [2.45, 2.75) is 38.5 Å². The molecule has 0 aliphatic carbocycles. The van der Waals surface area contributed by atoms with Crippen molar-refractivity contribution < 1.29 is 9.13 Å². The van der Waals surface area contributed by atoms with Crippen molar-refractivity contribution >= 4 is 17.4 Å². The molecule has 106 valence electrons. The van der Waals surface area contributed by atoms with Crippen molar-refractivity contribution in [1.82, 2.24) is 9.55 Å². The Hall–Kier alpha value is -1.14. The minimum absolute atomic E-state index is 0.174. The normalized spacial score (nSPS) is 30.7. The topological polar surface area (TPSA) is 70.1 Å². The summed E-state index contributed by atoms with van der Waals surface area (Å²) in [5, 5.41) is 0. The van der Waals surface area contributed by atoms with E-state index in [1.807, 2.05) is 13.8 Å². The maximum Gasteiger partial charge on any atom is 0.351 e. The van der Waals surface area contributed by atoms with Crippen molar-refractivity contribution in [2.24, 2.45) is 5.92 Å². The van der Waals surface area contributed by atoms with Gasteiger partial charge in [0.1, 0.15) is 6.23 Å². The van der Waals surface area contributed by atoms with Crippen molar-refractivity contribution in [3.63, 3.8) is 0 Å². The van der Waals surface area contributed by atoms with Gasteiger partial charge in [-0.3, -0.25) is 4.57 Å². The molecule has 1 aliphatic heterocycles. The molecule has 0 saturated carbocycles. The Kier molecular flexibility index (Phi) is 3.82. The third kappa shape index (κ3) is 2.34. The molecule has 1 saturated heterocycles. The van der Waals surface area contributed by atoms with Crippen molar-refractivity contribution in [3.05, 3.63) is 22.5 Å². The van der Waals surface area contributed by atoms with Crippen LogP contribution in [0.5, 0.6) is 0 Å². The lowest BCUT2D eigenvalue weighted by Crippen LogP contribution is -2.36. The Balaban J connectivity index is 2.36. The first-order chi connectivity index (χ1) is 8.93. The minimum atomic E-state index is -0.726. The monoisotopic (exact) mass is 289 g/mol. The summed E-state index contributed by atoms with van der Waals surface area (Å²) in [7, 11) is 0. The van der Waals surface area contributed by atoms with E-state index >= 15 is 0 Å². The molecule has 0 radical (unpaired) electrons. The molecule has 2 rings (SSSR count). The zero-order valence-corrected chi connectivity index (χ0v) is 11.7. The molecule has 1 aromatic heterocycles. The van der Waals surface area contributed by atoms with E-state index in [9.17, 15) is 9.18 Å². The molecule has 7 heteroatoms. The maximum atomic E-state index is 13.4. The lowest BCUT2D eigenvalue weighted by molar-refractivity contribution is -0.0729. The number of anilines is 1. The van der Waals surface area contributed by atoms with Gasteiger partial charge in [-0.15, -0.1) is 11.6 Å². The highest BCUT2D eigenvalue weighted by Crippen LogP contribution is 2.43. The summed E-state index contributed by atoms with van der Waals surface area (Å²) in [5.74, 6) is -0.615. The number of alkyl halides is 1. The lowest BCUT2D eigenvalue weighted by atomic mass is 9.88. The average molecular weight is 290 g/mol. The molecular weight excluding hydrogens is 273 g/mol. The Morgan fingerprint density at radius 2 is 2.42 bits per heavy atom. The van der Waals surface area contributed by atoms with Crippen LogP contribution in [0, 0.1) is 11.7 Å². The summed E-state index contributed by atoms with van der Waals surface area (Å²) < 4.78 is 20.5. The van der Waals surface area contributed by atoms with Crippen LogP contribution in [0.25, 0.3) is 0 Å². The van der Waals surface area contributed by atoms with Crippen LogP contribution in [0.4, 0.5) is 10.2 Å². The molecule has 2 heterocycles. The summed E-state index contributed by atoms with van der Waals surface area (Å²) in [4.78, 5) is 15.2. The van der Waals surface area contributed by atoms with E-state index in [-0.39, 0.29) is 5.92 Å². The zero-order chi connectivity index (χ0) is 14.2. The van der Waals surface area contributed by atoms with Gasteiger partial charge in [0.2, 0.25) is 0 Å². The van der Waals surface area contributed by atoms with Crippen molar-refractivity contribution in [3.8, 4) is 0 Å². The molecule has 1 fully saturated rings. The van der Waals surface area contributed by atoms with E-state index in [4.69, 9.17) is 22.1 Å².